The lowest BCUT2D eigenvalue weighted by molar-refractivity contribution is -0.384. The number of hydrogen-bond donors (Lipinski definition) is 2. The molecule has 1 heterocycles. The number of nitro groups is 1. The van der Waals surface area contributed by atoms with Gasteiger partial charge in [0.25, 0.3) is 11.6 Å². The van der Waals surface area contributed by atoms with E-state index in [9.17, 15) is 19.7 Å². The van der Waals surface area contributed by atoms with E-state index in [0.29, 0.717) is 11.6 Å². The number of halogens is 1. The third-order valence-electron chi connectivity index (χ3n) is 3.64. The van der Waals surface area contributed by atoms with Crippen LogP contribution in [-0.2, 0) is 11.2 Å². The van der Waals surface area contributed by atoms with Crippen molar-refractivity contribution in [3.63, 3.8) is 0 Å². The summed E-state index contributed by atoms with van der Waals surface area (Å²) in [7, 11) is 0. The lowest BCUT2D eigenvalue weighted by Gasteiger charge is -2.21. The summed E-state index contributed by atoms with van der Waals surface area (Å²) in [5.41, 5.74) is -0.343. The number of nitro benzene ring substituents is 1. The summed E-state index contributed by atoms with van der Waals surface area (Å²) in [5.74, 6) is -1.29. The van der Waals surface area contributed by atoms with E-state index >= 15 is 0 Å². The van der Waals surface area contributed by atoms with Crippen molar-refractivity contribution in [2.24, 2.45) is 5.92 Å². The number of anilines is 1. The average molecular weight is 412 g/mol. The monoisotopic (exact) mass is 411 g/mol. The van der Waals surface area contributed by atoms with Crippen LogP contribution in [0.4, 0.5) is 10.8 Å². The predicted octanol–water partition coefficient (Wildman–Crippen LogP) is 3.06. The van der Waals surface area contributed by atoms with Crippen molar-refractivity contribution in [3.8, 4) is 0 Å². The lowest BCUT2D eigenvalue weighted by atomic mass is 10.0. The zero-order chi connectivity index (χ0) is 20.1. The third kappa shape index (κ3) is 5.20. The van der Waals surface area contributed by atoms with Gasteiger partial charge in [0.05, 0.1) is 4.92 Å². The molecule has 0 fully saturated rings. The van der Waals surface area contributed by atoms with Gasteiger partial charge in [0, 0.05) is 11.6 Å². The third-order valence-corrected chi connectivity index (χ3v) is 4.94. The maximum atomic E-state index is 12.5. The van der Waals surface area contributed by atoms with Crippen LogP contribution in [0.2, 0.25) is 5.02 Å². The molecular weight excluding hydrogens is 394 g/mol. The van der Waals surface area contributed by atoms with Crippen LogP contribution in [0.5, 0.6) is 0 Å². The van der Waals surface area contributed by atoms with Crippen molar-refractivity contribution >= 4 is 45.6 Å². The number of amides is 2. The fraction of sp³-hybridized carbons (Fsp3) is 0.375. The van der Waals surface area contributed by atoms with Crippen LogP contribution in [-0.4, -0.2) is 33.0 Å². The molecule has 0 bridgehead atoms. The molecule has 2 amide bonds. The molecule has 144 valence electrons. The molecule has 11 heteroatoms. The molecule has 0 spiro atoms. The molecule has 1 aromatic carbocycles. The van der Waals surface area contributed by atoms with Crippen LogP contribution in [0, 0.1) is 16.0 Å². The second kappa shape index (κ2) is 8.87. The molecule has 0 aliphatic heterocycles. The van der Waals surface area contributed by atoms with Gasteiger partial charge < -0.3 is 5.32 Å². The fourth-order valence-electron chi connectivity index (χ4n) is 2.18. The van der Waals surface area contributed by atoms with E-state index in [4.69, 9.17) is 11.6 Å². The zero-order valence-corrected chi connectivity index (χ0v) is 16.4. The molecule has 9 nitrogen and oxygen atoms in total. The first kappa shape index (κ1) is 20.7. The van der Waals surface area contributed by atoms with Crippen LogP contribution in [0.15, 0.2) is 18.2 Å². The van der Waals surface area contributed by atoms with E-state index in [1.54, 1.807) is 13.8 Å². The summed E-state index contributed by atoms with van der Waals surface area (Å²) in [6.45, 7) is 5.47. The summed E-state index contributed by atoms with van der Waals surface area (Å²) >= 11 is 7.01. The molecule has 1 aromatic heterocycles. The Morgan fingerprint density at radius 1 is 1.33 bits per heavy atom. The summed E-state index contributed by atoms with van der Waals surface area (Å²) in [4.78, 5) is 35.3. The maximum Gasteiger partial charge on any atom is 0.288 e. The standard InChI is InChI=1S/C16H18ClN5O4S/c1-4-12-20-21-16(27-12)19-15(24)13(8(2)3)18-14(23)9-5-6-10(17)11(7-9)22(25)26/h5-8,13H,4H2,1-3H3,(H,18,23)(H,19,21,24)/t13-/m1/s1. The summed E-state index contributed by atoms with van der Waals surface area (Å²) in [6.07, 6.45) is 0.702. The van der Waals surface area contributed by atoms with Gasteiger partial charge in [-0.1, -0.05) is 43.7 Å². The largest absolute Gasteiger partial charge is 0.340 e. The Kier molecular flexibility index (Phi) is 6.81. The molecule has 0 unspecified atom stereocenters. The highest BCUT2D eigenvalue weighted by molar-refractivity contribution is 7.15. The highest BCUT2D eigenvalue weighted by Gasteiger charge is 2.26. The Morgan fingerprint density at radius 3 is 2.59 bits per heavy atom. The number of benzene rings is 1. The molecule has 2 aromatic rings. The van der Waals surface area contributed by atoms with Gasteiger partial charge >= 0.3 is 0 Å². The van der Waals surface area contributed by atoms with Gasteiger partial charge in [-0.25, -0.2) is 0 Å². The van der Waals surface area contributed by atoms with Crippen LogP contribution in [0.3, 0.4) is 0 Å². The molecular formula is C16H18ClN5O4S. The van der Waals surface area contributed by atoms with Gasteiger partial charge in [-0.2, -0.15) is 0 Å². The highest BCUT2D eigenvalue weighted by atomic mass is 35.5. The number of hydrogen-bond acceptors (Lipinski definition) is 7. The Labute approximate surface area is 164 Å². The summed E-state index contributed by atoms with van der Waals surface area (Å²) in [6, 6.07) is 2.84. The van der Waals surface area contributed by atoms with Gasteiger partial charge in [-0.15, -0.1) is 10.2 Å². The molecule has 0 saturated carbocycles. The second-order valence-electron chi connectivity index (χ2n) is 5.96. The Balaban J connectivity index is 2.15. The Bertz CT molecular complexity index is 870. The van der Waals surface area contributed by atoms with Crippen molar-refractivity contribution in [3.05, 3.63) is 43.9 Å². The number of aryl methyl sites for hydroxylation is 1. The van der Waals surface area contributed by atoms with Crippen LogP contribution in [0.25, 0.3) is 0 Å². The number of aromatic nitrogens is 2. The molecule has 0 radical (unpaired) electrons. The quantitative estimate of drug-likeness (QED) is 0.532. The highest BCUT2D eigenvalue weighted by Crippen LogP contribution is 2.25. The van der Waals surface area contributed by atoms with Crippen LogP contribution < -0.4 is 10.6 Å². The van der Waals surface area contributed by atoms with Crippen molar-refractivity contribution in [1.29, 1.82) is 0 Å². The zero-order valence-electron chi connectivity index (χ0n) is 14.9. The van der Waals surface area contributed by atoms with Crippen molar-refractivity contribution in [2.75, 3.05) is 5.32 Å². The second-order valence-corrected chi connectivity index (χ2v) is 7.43. The molecule has 0 aliphatic rings. The molecule has 27 heavy (non-hydrogen) atoms. The van der Waals surface area contributed by atoms with Gasteiger partial charge in [-0.05, 0) is 24.5 Å². The van der Waals surface area contributed by atoms with E-state index in [1.807, 2.05) is 6.92 Å². The first-order valence-corrected chi connectivity index (χ1v) is 9.30. The normalized spacial score (nSPS) is 11.9. The molecule has 2 N–H and O–H groups in total. The number of rotatable bonds is 7. The van der Waals surface area contributed by atoms with Crippen molar-refractivity contribution in [1.82, 2.24) is 15.5 Å². The Hall–Kier alpha value is -2.59. The minimum absolute atomic E-state index is 0.0359. The van der Waals surface area contributed by atoms with Gasteiger partial charge in [0.2, 0.25) is 11.0 Å². The number of nitrogens with one attached hydrogen (secondary N) is 2. The van der Waals surface area contributed by atoms with Crippen LogP contribution in [0.1, 0.15) is 36.1 Å². The average Bonchev–Trinajstić information content (AvgIpc) is 3.06. The first-order valence-electron chi connectivity index (χ1n) is 8.11. The summed E-state index contributed by atoms with van der Waals surface area (Å²) < 4.78 is 0. The molecule has 0 saturated heterocycles. The van der Waals surface area contributed by atoms with E-state index in [-0.39, 0.29) is 22.2 Å². The van der Waals surface area contributed by atoms with Crippen molar-refractivity contribution < 1.29 is 14.5 Å². The van der Waals surface area contributed by atoms with Gasteiger partial charge in [-0.3, -0.25) is 25.0 Å². The van der Waals surface area contributed by atoms with E-state index in [0.717, 1.165) is 11.1 Å². The summed E-state index contributed by atoms with van der Waals surface area (Å²) in [5, 5.41) is 25.1. The number of carbonyl (C=O) groups excluding carboxylic acids is 2. The molecule has 0 aliphatic carbocycles. The molecule has 2 rings (SSSR count). The first-order chi connectivity index (χ1) is 12.7. The van der Waals surface area contributed by atoms with Crippen LogP contribution >= 0.6 is 22.9 Å². The number of nitrogens with zero attached hydrogens (tertiary/aromatic N) is 3. The lowest BCUT2D eigenvalue weighted by Crippen LogP contribution is -2.47. The van der Waals surface area contributed by atoms with E-state index < -0.39 is 22.8 Å². The minimum atomic E-state index is -0.860. The van der Waals surface area contributed by atoms with Gasteiger partial charge in [0.15, 0.2) is 0 Å². The van der Waals surface area contributed by atoms with Crippen molar-refractivity contribution in [2.45, 2.75) is 33.2 Å². The maximum absolute atomic E-state index is 12.5. The minimum Gasteiger partial charge on any atom is -0.340 e. The molecule has 1 atom stereocenters. The predicted molar refractivity (Wildman–Crippen MR) is 102 cm³/mol. The topological polar surface area (TPSA) is 127 Å². The van der Waals surface area contributed by atoms with E-state index in [1.165, 1.54) is 23.5 Å². The SMILES string of the molecule is CCc1nnc(NC(=O)[C@H](NC(=O)c2ccc(Cl)c([N+](=O)[O-])c2)C(C)C)s1. The Morgan fingerprint density at radius 2 is 2.04 bits per heavy atom. The fourth-order valence-corrected chi connectivity index (χ4v) is 3.05. The van der Waals surface area contributed by atoms with E-state index in [2.05, 4.69) is 20.8 Å². The van der Waals surface area contributed by atoms with Gasteiger partial charge in [0.1, 0.15) is 16.1 Å². The smallest absolute Gasteiger partial charge is 0.288 e. The number of carbonyl (C=O) groups is 2.